The highest BCUT2D eigenvalue weighted by Gasteiger charge is 2.41. The van der Waals surface area contributed by atoms with Gasteiger partial charge in [-0.25, -0.2) is 13.4 Å². The summed E-state index contributed by atoms with van der Waals surface area (Å²) < 4.78 is 29.9. The van der Waals surface area contributed by atoms with E-state index in [1.807, 2.05) is 30.3 Å². The van der Waals surface area contributed by atoms with Crippen molar-refractivity contribution in [1.82, 2.24) is 14.3 Å². The van der Waals surface area contributed by atoms with Gasteiger partial charge in [0.1, 0.15) is 10.3 Å². The van der Waals surface area contributed by atoms with E-state index in [0.29, 0.717) is 28.0 Å². The van der Waals surface area contributed by atoms with Crippen LogP contribution in [0.15, 0.2) is 58.9 Å². The maximum Gasteiger partial charge on any atom is 0.253 e. The second-order valence-corrected chi connectivity index (χ2v) is 13.4. The molecule has 1 atom stereocenters. The van der Waals surface area contributed by atoms with Crippen molar-refractivity contribution in [2.45, 2.75) is 49.4 Å². The molecule has 188 valence electrons. The maximum atomic E-state index is 14.1. The van der Waals surface area contributed by atoms with Crippen LogP contribution in [0, 0.1) is 0 Å². The Balaban J connectivity index is 1.54. The number of halogens is 1. The second kappa shape index (κ2) is 10.5. The molecule has 36 heavy (non-hydrogen) atoms. The lowest BCUT2D eigenvalue weighted by Crippen LogP contribution is -2.52. The van der Waals surface area contributed by atoms with E-state index in [9.17, 15) is 13.2 Å². The fourth-order valence-corrected chi connectivity index (χ4v) is 8.65. The Bertz CT molecular complexity index is 1490. The molecule has 1 aromatic carbocycles. The minimum atomic E-state index is -3.87. The third-order valence-corrected chi connectivity index (χ3v) is 10.9. The topological polar surface area (TPSA) is 83.5 Å². The van der Waals surface area contributed by atoms with Crippen LogP contribution in [-0.4, -0.2) is 41.2 Å². The number of carbonyl (C=O) groups excluding carboxylic acids is 1. The van der Waals surface area contributed by atoms with E-state index < -0.39 is 16.1 Å². The first kappa shape index (κ1) is 25.3. The summed E-state index contributed by atoms with van der Waals surface area (Å²) in [6.45, 7) is 2.58. The fraction of sp³-hybridized carbons (Fsp3) is 0.320. The van der Waals surface area contributed by atoms with Gasteiger partial charge in [-0.1, -0.05) is 48.4 Å². The summed E-state index contributed by atoms with van der Waals surface area (Å²) in [5.74, 6) is -0.290. The monoisotopic (exact) mass is 560 g/mol. The predicted octanol–water partition coefficient (Wildman–Crippen LogP) is 5.75. The SMILES string of the molecule is CCc1ccc2nc(N(Cc3ccccn3)C(=O)C3CCCCN3S(=O)(=O)c3ccc(Cl)s3)sc2c1. The zero-order valence-electron chi connectivity index (χ0n) is 19.6. The summed E-state index contributed by atoms with van der Waals surface area (Å²) in [5, 5.41) is 0.538. The van der Waals surface area contributed by atoms with Gasteiger partial charge in [0.25, 0.3) is 10.0 Å². The second-order valence-electron chi connectivity index (χ2n) is 8.58. The zero-order chi connectivity index (χ0) is 25.3. The molecule has 5 rings (SSSR count). The Kier molecular flexibility index (Phi) is 7.41. The number of thiophene rings is 1. The van der Waals surface area contributed by atoms with Crippen LogP contribution in [0.3, 0.4) is 0 Å². The Hall–Kier alpha value is -2.37. The molecule has 4 aromatic rings. The first-order chi connectivity index (χ1) is 17.4. The number of aryl methyl sites for hydroxylation is 1. The van der Waals surface area contributed by atoms with Crippen molar-refractivity contribution in [3.8, 4) is 0 Å². The lowest BCUT2D eigenvalue weighted by molar-refractivity contribution is -0.123. The van der Waals surface area contributed by atoms with E-state index in [-0.39, 0.29) is 23.2 Å². The lowest BCUT2D eigenvalue weighted by atomic mass is 10.0. The predicted molar refractivity (Wildman–Crippen MR) is 145 cm³/mol. The van der Waals surface area contributed by atoms with Crippen molar-refractivity contribution in [3.05, 3.63) is 70.3 Å². The molecule has 4 heterocycles. The van der Waals surface area contributed by atoms with Gasteiger partial charge in [-0.2, -0.15) is 4.31 Å². The lowest BCUT2D eigenvalue weighted by Gasteiger charge is -2.35. The number of anilines is 1. The average Bonchev–Trinajstić information content (AvgIpc) is 3.53. The van der Waals surface area contributed by atoms with E-state index in [1.165, 1.54) is 27.3 Å². The van der Waals surface area contributed by atoms with Gasteiger partial charge < -0.3 is 0 Å². The number of hydrogen-bond donors (Lipinski definition) is 0. The van der Waals surface area contributed by atoms with Gasteiger partial charge in [0.05, 0.1) is 26.8 Å². The van der Waals surface area contributed by atoms with Crippen molar-refractivity contribution >= 4 is 65.6 Å². The minimum Gasteiger partial charge on any atom is -0.281 e. The first-order valence-electron chi connectivity index (χ1n) is 11.7. The standard InChI is InChI=1S/C25H25ClN4O3S3/c1-2-17-9-10-19-21(15-17)34-25(28-19)29(16-18-7-3-5-13-27-18)24(31)20-8-4-6-14-30(20)36(32,33)23-12-11-22(26)35-23/h3,5,7,9-13,15,20H,2,4,6,8,14,16H2,1H3. The van der Waals surface area contributed by atoms with Gasteiger partial charge in [-0.15, -0.1) is 11.3 Å². The quantitative estimate of drug-likeness (QED) is 0.287. The molecular weight excluding hydrogens is 536 g/mol. The molecule has 1 amide bonds. The van der Waals surface area contributed by atoms with Gasteiger partial charge >= 0.3 is 0 Å². The van der Waals surface area contributed by atoms with Crippen molar-refractivity contribution in [2.24, 2.45) is 0 Å². The summed E-state index contributed by atoms with van der Waals surface area (Å²) in [5.41, 5.74) is 2.71. The molecule has 7 nitrogen and oxygen atoms in total. The van der Waals surface area contributed by atoms with Gasteiger partial charge in [-0.05, 0) is 61.2 Å². The van der Waals surface area contributed by atoms with E-state index in [1.54, 1.807) is 17.2 Å². The Morgan fingerprint density at radius 1 is 1.17 bits per heavy atom. The van der Waals surface area contributed by atoms with E-state index in [2.05, 4.69) is 18.0 Å². The number of nitrogens with zero attached hydrogens (tertiary/aromatic N) is 4. The van der Waals surface area contributed by atoms with Crippen LogP contribution in [0.5, 0.6) is 0 Å². The molecular formula is C25H25ClN4O3S3. The Labute approximate surface area is 223 Å². The number of piperidine rings is 1. The third-order valence-electron chi connectivity index (χ3n) is 6.24. The highest BCUT2D eigenvalue weighted by atomic mass is 35.5. The van der Waals surface area contributed by atoms with E-state index in [4.69, 9.17) is 16.6 Å². The van der Waals surface area contributed by atoms with Crippen LogP contribution < -0.4 is 4.90 Å². The number of hydrogen-bond acceptors (Lipinski definition) is 7. The molecule has 1 aliphatic rings. The number of thiazole rings is 1. The maximum absolute atomic E-state index is 14.1. The summed E-state index contributed by atoms with van der Waals surface area (Å²) in [6.07, 6.45) is 4.50. The van der Waals surface area contributed by atoms with Gasteiger partial charge in [0, 0.05) is 12.7 Å². The van der Waals surface area contributed by atoms with E-state index in [0.717, 1.165) is 34.4 Å². The first-order valence-corrected chi connectivity index (χ1v) is 15.2. The van der Waals surface area contributed by atoms with Gasteiger partial charge in [0.2, 0.25) is 5.91 Å². The minimum absolute atomic E-state index is 0.149. The molecule has 0 saturated carbocycles. The summed E-state index contributed by atoms with van der Waals surface area (Å²) in [7, 11) is -3.87. The number of carbonyl (C=O) groups is 1. The van der Waals surface area contributed by atoms with Crippen molar-refractivity contribution in [1.29, 1.82) is 0 Å². The van der Waals surface area contributed by atoms with Crippen LogP contribution in [-0.2, 0) is 27.8 Å². The highest BCUT2D eigenvalue weighted by Crippen LogP contribution is 2.35. The van der Waals surface area contributed by atoms with Gasteiger partial charge in [0.15, 0.2) is 5.13 Å². The highest BCUT2D eigenvalue weighted by molar-refractivity contribution is 7.91. The van der Waals surface area contributed by atoms with E-state index >= 15 is 0 Å². The molecule has 0 spiro atoms. The summed E-state index contributed by atoms with van der Waals surface area (Å²) >= 11 is 8.48. The fourth-order valence-electron chi connectivity index (χ4n) is 4.36. The number of amides is 1. The molecule has 0 N–H and O–H groups in total. The van der Waals surface area contributed by atoms with Crippen molar-refractivity contribution in [2.75, 3.05) is 11.4 Å². The number of fused-ring (bicyclic) bond motifs is 1. The molecule has 0 bridgehead atoms. The number of sulfonamides is 1. The third kappa shape index (κ3) is 5.05. The largest absolute Gasteiger partial charge is 0.281 e. The molecule has 0 aliphatic carbocycles. The average molecular weight is 561 g/mol. The summed E-state index contributed by atoms with van der Waals surface area (Å²) in [6, 6.07) is 13.9. The van der Waals surface area contributed by atoms with Gasteiger partial charge in [-0.3, -0.25) is 14.7 Å². The normalized spacial score (nSPS) is 16.9. The Morgan fingerprint density at radius 3 is 2.75 bits per heavy atom. The van der Waals surface area contributed by atoms with Crippen molar-refractivity contribution in [3.63, 3.8) is 0 Å². The van der Waals surface area contributed by atoms with Crippen LogP contribution in [0.1, 0.15) is 37.4 Å². The number of pyridine rings is 1. The number of benzene rings is 1. The molecule has 11 heteroatoms. The zero-order valence-corrected chi connectivity index (χ0v) is 22.8. The van der Waals surface area contributed by atoms with Crippen LogP contribution in [0.4, 0.5) is 5.13 Å². The molecule has 1 aliphatic heterocycles. The molecule has 0 radical (unpaired) electrons. The van der Waals surface area contributed by atoms with Crippen LogP contribution in [0.25, 0.3) is 10.2 Å². The molecule has 3 aromatic heterocycles. The molecule has 1 unspecified atom stereocenters. The van der Waals surface area contributed by atoms with Crippen LogP contribution in [0.2, 0.25) is 4.34 Å². The molecule has 1 fully saturated rings. The number of rotatable bonds is 7. The summed E-state index contributed by atoms with van der Waals surface area (Å²) in [4.78, 5) is 24.9. The number of aromatic nitrogens is 2. The Morgan fingerprint density at radius 2 is 2.03 bits per heavy atom. The van der Waals surface area contributed by atoms with Crippen molar-refractivity contribution < 1.29 is 13.2 Å². The smallest absolute Gasteiger partial charge is 0.253 e. The molecule has 1 saturated heterocycles. The van der Waals surface area contributed by atoms with Crippen LogP contribution >= 0.6 is 34.3 Å².